The molecule has 0 saturated carbocycles. The van der Waals surface area contributed by atoms with E-state index >= 15 is 0 Å². The lowest BCUT2D eigenvalue weighted by atomic mass is 10.1. The number of hydrogen-bond donors (Lipinski definition) is 3. The quantitative estimate of drug-likeness (QED) is 0.726. The molecule has 0 fully saturated rings. The van der Waals surface area contributed by atoms with Crippen LogP contribution in [0.2, 0.25) is 0 Å². The lowest BCUT2D eigenvalue weighted by Gasteiger charge is -2.21. The van der Waals surface area contributed by atoms with Gasteiger partial charge < -0.3 is 20.3 Å². The number of amides is 2. The van der Waals surface area contributed by atoms with E-state index in [4.69, 9.17) is 5.11 Å². The average molecular weight is 295 g/mol. The first-order valence-corrected chi connectivity index (χ1v) is 6.75. The summed E-state index contributed by atoms with van der Waals surface area (Å²) >= 11 is 0. The Bertz CT molecular complexity index is 563. The summed E-state index contributed by atoms with van der Waals surface area (Å²) in [7, 11) is 1.51. The van der Waals surface area contributed by atoms with Crippen LogP contribution >= 0.6 is 0 Å². The molecule has 7 heteroatoms. The fraction of sp³-hybridized carbons (Fsp3) is 0.500. The van der Waals surface area contributed by atoms with Gasteiger partial charge in [-0.3, -0.25) is 9.59 Å². The van der Waals surface area contributed by atoms with Crippen molar-refractivity contribution >= 4 is 17.8 Å². The number of aromatic carboxylic acids is 1. The van der Waals surface area contributed by atoms with Crippen LogP contribution in [0.5, 0.6) is 0 Å². The summed E-state index contributed by atoms with van der Waals surface area (Å²) in [6.45, 7) is 5.53. The molecule has 7 nitrogen and oxygen atoms in total. The second kappa shape index (κ2) is 6.92. The highest BCUT2D eigenvalue weighted by atomic mass is 16.4. The lowest BCUT2D eigenvalue weighted by Crippen LogP contribution is -2.40. The third-order valence-corrected chi connectivity index (χ3v) is 3.26. The Labute approximate surface area is 123 Å². The topological polar surface area (TPSA) is 103 Å². The van der Waals surface area contributed by atoms with Crippen LogP contribution in [0, 0.1) is 13.8 Å². The predicted octanol–water partition coefficient (Wildman–Crippen LogP) is 0.928. The van der Waals surface area contributed by atoms with Crippen molar-refractivity contribution in [2.45, 2.75) is 27.2 Å². The van der Waals surface area contributed by atoms with Gasteiger partial charge in [-0.25, -0.2) is 4.79 Å². The van der Waals surface area contributed by atoms with Gasteiger partial charge in [0.1, 0.15) is 5.69 Å². The van der Waals surface area contributed by atoms with E-state index < -0.39 is 5.97 Å². The zero-order valence-electron chi connectivity index (χ0n) is 12.7. The third-order valence-electron chi connectivity index (χ3n) is 3.26. The summed E-state index contributed by atoms with van der Waals surface area (Å²) in [5, 5.41) is 11.6. The van der Waals surface area contributed by atoms with E-state index in [2.05, 4.69) is 10.3 Å². The van der Waals surface area contributed by atoms with Crippen LogP contribution in [-0.4, -0.2) is 52.9 Å². The molecule has 0 aliphatic heterocycles. The van der Waals surface area contributed by atoms with E-state index in [9.17, 15) is 14.4 Å². The van der Waals surface area contributed by atoms with Gasteiger partial charge in [-0.15, -0.1) is 0 Å². The second-order valence-electron chi connectivity index (χ2n) is 4.83. The average Bonchev–Trinajstić information content (AvgIpc) is 2.72. The van der Waals surface area contributed by atoms with Gasteiger partial charge in [-0.2, -0.15) is 0 Å². The van der Waals surface area contributed by atoms with E-state index in [1.165, 1.54) is 11.9 Å². The molecule has 0 aliphatic rings. The molecule has 2 amide bonds. The standard InChI is InChI=1S/C14H21N3O4/c1-5-6-17(7-10(18)15-4)13(19)11-8(2)12(14(20)21)16-9(11)3/h16H,5-7H2,1-4H3,(H,15,18)(H,20,21). The Balaban J connectivity index is 3.14. The normalized spacial score (nSPS) is 10.3. The smallest absolute Gasteiger partial charge is 0.352 e. The number of carboxylic acids is 1. The van der Waals surface area contributed by atoms with E-state index in [-0.39, 0.29) is 24.1 Å². The molecule has 0 saturated heterocycles. The molecular weight excluding hydrogens is 274 g/mol. The molecule has 0 unspecified atom stereocenters. The number of aromatic nitrogens is 1. The summed E-state index contributed by atoms with van der Waals surface area (Å²) in [5.74, 6) is -1.71. The van der Waals surface area contributed by atoms with Gasteiger partial charge in [-0.1, -0.05) is 6.92 Å². The molecule has 0 bridgehead atoms. The molecule has 0 atom stereocenters. The summed E-state index contributed by atoms with van der Waals surface area (Å²) < 4.78 is 0. The number of aryl methyl sites for hydroxylation is 1. The van der Waals surface area contributed by atoms with Crippen LogP contribution in [0.3, 0.4) is 0 Å². The number of nitrogens with zero attached hydrogens (tertiary/aromatic N) is 1. The minimum Gasteiger partial charge on any atom is -0.477 e. The first kappa shape index (κ1) is 16.7. The van der Waals surface area contributed by atoms with E-state index in [0.29, 0.717) is 29.8 Å². The summed E-state index contributed by atoms with van der Waals surface area (Å²) in [6, 6.07) is 0. The minimum absolute atomic E-state index is 0.00671. The fourth-order valence-electron chi connectivity index (χ4n) is 2.22. The molecule has 1 rings (SSSR count). The number of carboxylic acid groups (broad SMARTS) is 1. The van der Waals surface area contributed by atoms with Crippen LogP contribution in [-0.2, 0) is 4.79 Å². The number of carbonyl (C=O) groups is 3. The number of likely N-dealkylation sites (N-methyl/N-ethyl adjacent to an activating group) is 1. The second-order valence-corrected chi connectivity index (χ2v) is 4.83. The first-order chi connectivity index (χ1) is 9.83. The SMILES string of the molecule is CCCN(CC(=O)NC)C(=O)c1c(C)[nH]c(C(=O)O)c1C. The molecule has 1 aromatic heterocycles. The molecule has 0 aliphatic carbocycles. The van der Waals surface area contributed by atoms with Crippen LogP contribution < -0.4 is 5.32 Å². The van der Waals surface area contributed by atoms with Crippen molar-refractivity contribution in [1.82, 2.24) is 15.2 Å². The van der Waals surface area contributed by atoms with Crippen molar-refractivity contribution < 1.29 is 19.5 Å². The maximum Gasteiger partial charge on any atom is 0.352 e. The highest BCUT2D eigenvalue weighted by Gasteiger charge is 2.26. The maximum atomic E-state index is 12.6. The molecular formula is C14H21N3O4. The number of carbonyl (C=O) groups excluding carboxylic acids is 2. The summed E-state index contributed by atoms with van der Waals surface area (Å²) in [4.78, 5) is 39.3. The van der Waals surface area contributed by atoms with Crippen molar-refractivity contribution in [3.63, 3.8) is 0 Å². The maximum absolute atomic E-state index is 12.6. The van der Waals surface area contributed by atoms with Crippen LogP contribution in [0.25, 0.3) is 0 Å². The molecule has 3 N–H and O–H groups in total. The van der Waals surface area contributed by atoms with Gasteiger partial charge >= 0.3 is 5.97 Å². The Morgan fingerprint density at radius 1 is 1.29 bits per heavy atom. The van der Waals surface area contributed by atoms with Gasteiger partial charge in [0.25, 0.3) is 5.91 Å². The Hall–Kier alpha value is -2.31. The van der Waals surface area contributed by atoms with Gasteiger partial charge in [0.05, 0.1) is 12.1 Å². The number of nitrogens with one attached hydrogen (secondary N) is 2. The Kier molecular flexibility index (Phi) is 5.52. The molecule has 0 radical (unpaired) electrons. The molecule has 0 spiro atoms. The molecule has 116 valence electrons. The van der Waals surface area contributed by atoms with Gasteiger partial charge in [0.15, 0.2) is 0 Å². The first-order valence-electron chi connectivity index (χ1n) is 6.75. The van der Waals surface area contributed by atoms with Crippen molar-refractivity contribution in [3.05, 3.63) is 22.5 Å². The predicted molar refractivity (Wildman–Crippen MR) is 77.5 cm³/mol. The number of aromatic amines is 1. The number of H-pyrrole nitrogens is 1. The van der Waals surface area contributed by atoms with Crippen LogP contribution in [0.4, 0.5) is 0 Å². The largest absolute Gasteiger partial charge is 0.477 e. The highest BCUT2D eigenvalue weighted by molar-refractivity contribution is 6.02. The van der Waals surface area contributed by atoms with Crippen LogP contribution in [0.15, 0.2) is 0 Å². The fourth-order valence-corrected chi connectivity index (χ4v) is 2.22. The van der Waals surface area contributed by atoms with E-state index in [1.54, 1.807) is 13.8 Å². The zero-order valence-corrected chi connectivity index (χ0v) is 12.7. The summed E-state index contributed by atoms with van der Waals surface area (Å²) in [6.07, 6.45) is 0.705. The number of hydrogen-bond acceptors (Lipinski definition) is 3. The molecule has 1 aromatic rings. The molecule has 0 aromatic carbocycles. The van der Waals surface area contributed by atoms with Crippen molar-refractivity contribution in [3.8, 4) is 0 Å². The summed E-state index contributed by atoms with van der Waals surface area (Å²) in [5.41, 5.74) is 1.22. The zero-order chi connectivity index (χ0) is 16.2. The Morgan fingerprint density at radius 2 is 1.90 bits per heavy atom. The molecule has 1 heterocycles. The highest BCUT2D eigenvalue weighted by Crippen LogP contribution is 2.20. The van der Waals surface area contributed by atoms with E-state index in [1.807, 2.05) is 6.92 Å². The van der Waals surface area contributed by atoms with Crippen molar-refractivity contribution in [1.29, 1.82) is 0 Å². The van der Waals surface area contributed by atoms with E-state index in [0.717, 1.165) is 0 Å². The Morgan fingerprint density at radius 3 is 2.33 bits per heavy atom. The number of rotatable bonds is 6. The van der Waals surface area contributed by atoms with Gasteiger partial charge in [0.2, 0.25) is 5.91 Å². The van der Waals surface area contributed by atoms with Gasteiger partial charge in [-0.05, 0) is 25.8 Å². The monoisotopic (exact) mass is 295 g/mol. The van der Waals surface area contributed by atoms with Crippen molar-refractivity contribution in [2.24, 2.45) is 0 Å². The molecule has 21 heavy (non-hydrogen) atoms. The van der Waals surface area contributed by atoms with Crippen molar-refractivity contribution in [2.75, 3.05) is 20.1 Å². The minimum atomic E-state index is -1.11. The van der Waals surface area contributed by atoms with Gasteiger partial charge in [0, 0.05) is 19.3 Å². The lowest BCUT2D eigenvalue weighted by molar-refractivity contribution is -0.121. The van der Waals surface area contributed by atoms with Crippen LogP contribution in [0.1, 0.15) is 45.4 Å². The third kappa shape index (κ3) is 3.62.